The maximum Gasteiger partial charge on any atom is 0.305 e. The first-order valence-electron chi connectivity index (χ1n) is 15.5. The van der Waals surface area contributed by atoms with E-state index in [0.29, 0.717) is 5.56 Å². The van der Waals surface area contributed by atoms with Crippen LogP contribution in [0.4, 0.5) is 4.39 Å². The lowest BCUT2D eigenvalue weighted by molar-refractivity contribution is -0.138. The number of carboxylic acid groups (broad SMARTS) is 1. The van der Waals surface area contributed by atoms with Gasteiger partial charge in [-0.2, -0.15) is 0 Å². The predicted molar refractivity (Wildman–Crippen MR) is 190 cm³/mol. The molecule has 0 amide bonds. The number of benzene rings is 4. The first-order chi connectivity index (χ1) is 21.8. The molecule has 0 aliphatic rings. The highest BCUT2D eigenvalue weighted by Crippen LogP contribution is 2.39. The molecule has 0 radical (unpaired) electrons. The summed E-state index contributed by atoms with van der Waals surface area (Å²) in [6.45, 7) is 12.2. The van der Waals surface area contributed by atoms with Crippen LogP contribution in [-0.2, 0) is 18.3 Å². The van der Waals surface area contributed by atoms with E-state index >= 15 is 0 Å². The quantitative estimate of drug-likeness (QED) is 0.116. The maximum absolute atomic E-state index is 14.0. The first-order valence-corrected chi connectivity index (χ1v) is 19.0. The number of rotatable bonds is 13. The topological polar surface area (TPSA) is 72.8 Å². The molecule has 46 heavy (non-hydrogen) atoms. The zero-order valence-electron chi connectivity index (χ0n) is 27.5. The van der Waals surface area contributed by atoms with E-state index in [1.807, 2.05) is 92.7 Å². The molecule has 0 fully saturated rings. The maximum atomic E-state index is 14.0. The lowest BCUT2D eigenvalue weighted by Gasteiger charge is -2.45. The molecule has 0 saturated heterocycles. The fourth-order valence-corrected chi connectivity index (χ4v) is 11.9. The number of hydrogen-bond acceptors (Lipinski definition) is 4. The largest absolute Gasteiger partial charge is 0.481 e. The molecule has 5 nitrogen and oxygen atoms in total. The van der Waals surface area contributed by atoms with Crippen molar-refractivity contribution in [1.29, 1.82) is 0 Å². The van der Waals surface area contributed by atoms with Crippen LogP contribution in [0.2, 0.25) is 5.04 Å². The fourth-order valence-electron chi connectivity index (χ4n) is 6.09. The third-order valence-corrected chi connectivity index (χ3v) is 14.6. The van der Waals surface area contributed by atoms with Gasteiger partial charge in [0.25, 0.3) is 8.32 Å². The molecule has 1 N–H and O–H groups in total. The Labute approximate surface area is 274 Å². The molecule has 242 valence electrons. The monoisotopic (exact) mass is 658 g/mol. The molecule has 0 aromatic heterocycles. The van der Waals surface area contributed by atoms with E-state index in [4.69, 9.17) is 8.95 Å². The van der Waals surface area contributed by atoms with Gasteiger partial charge in [-0.15, -0.1) is 0 Å². The Bertz CT molecular complexity index is 1660. The second-order valence-electron chi connectivity index (χ2n) is 12.8. The van der Waals surface area contributed by atoms with Crippen LogP contribution in [0.25, 0.3) is 17.2 Å². The SMILES string of the molecule is Cc1cc(C)c(C=CCO[PH](=O)C[C@@H](CC(=O)O)O[Si](c2ccccc2)(c2ccccc2)C(C)(C)C)c(-c2ccc(F)c(C)c2)c1. The van der Waals surface area contributed by atoms with E-state index in [9.17, 15) is 18.9 Å². The molecule has 0 aliphatic carbocycles. The summed E-state index contributed by atoms with van der Waals surface area (Å²) in [5.74, 6) is -1.26. The van der Waals surface area contributed by atoms with E-state index < -0.39 is 28.4 Å². The minimum atomic E-state index is -3.06. The summed E-state index contributed by atoms with van der Waals surface area (Å²) < 4.78 is 40.1. The molecule has 4 aromatic rings. The highest BCUT2D eigenvalue weighted by Gasteiger charge is 2.51. The number of aryl methyl sites for hydroxylation is 3. The van der Waals surface area contributed by atoms with E-state index in [2.05, 4.69) is 32.9 Å². The average molecular weight is 659 g/mol. The highest BCUT2D eigenvalue weighted by molar-refractivity contribution is 7.39. The van der Waals surface area contributed by atoms with Crippen LogP contribution in [0.5, 0.6) is 0 Å². The first kappa shape index (κ1) is 35.2. The van der Waals surface area contributed by atoms with Gasteiger partial charge in [-0.25, -0.2) is 4.39 Å². The normalized spacial score (nSPS) is 13.5. The van der Waals surface area contributed by atoms with Gasteiger partial charge in [0.1, 0.15) is 5.82 Å². The number of aliphatic carboxylic acids is 1. The van der Waals surface area contributed by atoms with Crippen LogP contribution in [0.15, 0.2) is 97.1 Å². The van der Waals surface area contributed by atoms with Crippen LogP contribution in [0.3, 0.4) is 0 Å². The van der Waals surface area contributed by atoms with Gasteiger partial charge < -0.3 is 14.1 Å². The molecular formula is C38H44FO5PSi. The van der Waals surface area contributed by atoms with E-state index in [0.717, 1.165) is 38.2 Å². The number of carboxylic acids is 1. The lowest BCUT2D eigenvalue weighted by atomic mass is 9.92. The Morgan fingerprint density at radius 3 is 2.07 bits per heavy atom. The Morgan fingerprint density at radius 1 is 0.913 bits per heavy atom. The van der Waals surface area contributed by atoms with Gasteiger partial charge in [0, 0.05) is 6.16 Å². The van der Waals surface area contributed by atoms with Crippen molar-refractivity contribution in [2.24, 2.45) is 0 Å². The molecule has 8 heteroatoms. The van der Waals surface area contributed by atoms with E-state index in [1.165, 1.54) is 6.07 Å². The molecule has 0 heterocycles. The molecule has 0 spiro atoms. The molecule has 0 aliphatic heterocycles. The number of hydrogen-bond donors (Lipinski definition) is 1. The average Bonchev–Trinajstić information content (AvgIpc) is 3.00. The van der Waals surface area contributed by atoms with E-state index in [-0.39, 0.29) is 30.0 Å². The summed E-state index contributed by atoms with van der Waals surface area (Å²) in [5, 5.41) is 11.5. The van der Waals surface area contributed by atoms with Crippen molar-refractivity contribution in [3.8, 4) is 11.1 Å². The van der Waals surface area contributed by atoms with Crippen LogP contribution < -0.4 is 10.4 Å². The Kier molecular flexibility index (Phi) is 11.7. The van der Waals surface area contributed by atoms with Crippen LogP contribution in [0.1, 0.15) is 49.4 Å². The standard InChI is InChI=1S/C38H44FO5PSi/c1-27-22-28(2)34(35(23-27)30-19-20-36(39)29(3)24-30)18-13-21-43-45(42)26-31(25-37(40)41)44-46(38(4,5)6,32-14-9-7-10-15-32)33-16-11-8-12-17-33/h7-20,22-24,31,45H,21,25-26H2,1-6H3,(H,40,41)/t31-/m1/s1. The van der Waals surface area contributed by atoms with Gasteiger partial charge >= 0.3 is 5.97 Å². The van der Waals surface area contributed by atoms with Crippen LogP contribution in [-0.4, -0.2) is 38.3 Å². The van der Waals surface area contributed by atoms with Crippen molar-refractivity contribution < 1.29 is 27.8 Å². The summed E-state index contributed by atoms with van der Waals surface area (Å²) in [6, 6.07) is 29.2. The fraction of sp³-hybridized carbons (Fsp3) is 0.289. The molecule has 0 saturated carbocycles. The molecule has 2 atom stereocenters. The molecule has 4 rings (SSSR count). The summed E-state index contributed by atoms with van der Waals surface area (Å²) in [4.78, 5) is 12.0. The van der Waals surface area contributed by atoms with Crippen LogP contribution in [0, 0.1) is 26.6 Å². The van der Waals surface area contributed by atoms with Gasteiger partial charge in [-0.05, 0) is 76.1 Å². The Morgan fingerprint density at radius 2 is 1.52 bits per heavy atom. The van der Waals surface area contributed by atoms with Gasteiger partial charge in [0.15, 0.2) is 8.03 Å². The zero-order valence-corrected chi connectivity index (χ0v) is 29.5. The van der Waals surface area contributed by atoms with Crippen LogP contribution >= 0.6 is 8.03 Å². The minimum absolute atomic E-state index is 0.0149. The third-order valence-electron chi connectivity index (χ3n) is 8.18. The van der Waals surface area contributed by atoms with Gasteiger partial charge in [0.2, 0.25) is 0 Å². The smallest absolute Gasteiger partial charge is 0.305 e. The van der Waals surface area contributed by atoms with Crippen molar-refractivity contribution in [3.05, 3.63) is 125 Å². The molecular weight excluding hydrogens is 614 g/mol. The predicted octanol–water partition coefficient (Wildman–Crippen LogP) is 8.34. The number of carbonyl (C=O) groups is 1. The van der Waals surface area contributed by atoms with Gasteiger partial charge in [-0.1, -0.05) is 117 Å². The second-order valence-corrected chi connectivity index (χ2v) is 18.5. The molecule has 0 bridgehead atoms. The summed E-state index contributed by atoms with van der Waals surface area (Å²) in [7, 11) is -5.73. The summed E-state index contributed by atoms with van der Waals surface area (Å²) >= 11 is 0. The summed E-state index contributed by atoms with van der Waals surface area (Å²) in [6.07, 6.45) is 2.63. The van der Waals surface area contributed by atoms with Crippen molar-refractivity contribution >= 4 is 38.8 Å². The highest BCUT2D eigenvalue weighted by atomic mass is 31.1. The van der Waals surface area contributed by atoms with Gasteiger partial charge in [-0.3, -0.25) is 9.36 Å². The zero-order chi connectivity index (χ0) is 33.5. The van der Waals surface area contributed by atoms with Crippen molar-refractivity contribution in [3.63, 3.8) is 0 Å². The second kappa shape index (κ2) is 15.3. The molecule has 4 aromatic carbocycles. The van der Waals surface area contributed by atoms with Crippen molar-refractivity contribution in [1.82, 2.24) is 0 Å². The van der Waals surface area contributed by atoms with Gasteiger partial charge in [0.05, 0.1) is 19.1 Å². The van der Waals surface area contributed by atoms with Crippen molar-refractivity contribution in [2.45, 2.75) is 59.1 Å². The lowest BCUT2D eigenvalue weighted by Crippen LogP contribution is -2.68. The molecule has 1 unspecified atom stereocenters. The Balaban J connectivity index is 1.56. The third kappa shape index (κ3) is 8.40. The van der Waals surface area contributed by atoms with Crippen molar-refractivity contribution in [2.75, 3.05) is 12.8 Å². The number of halogens is 1. The Hall–Kier alpha value is -3.61. The minimum Gasteiger partial charge on any atom is -0.481 e. The van der Waals surface area contributed by atoms with E-state index in [1.54, 1.807) is 13.0 Å². The summed E-state index contributed by atoms with van der Waals surface area (Å²) in [5.41, 5.74) is 5.59.